The summed E-state index contributed by atoms with van der Waals surface area (Å²) in [4.78, 5) is 11.4. The molecule has 0 aromatic rings. The van der Waals surface area contributed by atoms with Crippen LogP contribution >= 0.6 is 0 Å². The lowest BCUT2D eigenvalue weighted by molar-refractivity contribution is -0.145. The van der Waals surface area contributed by atoms with E-state index in [0.29, 0.717) is 0 Å². The van der Waals surface area contributed by atoms with Gasteiger partial charge in [0, 0.05) is 17.5 Å². The molecule has 142 valence electrons. The Morgan fingerprint density at radius 3 is 1.92 bits per heavy atom. The van der Waals surface area contributed by atoms with Crippen molar-refractivity contribution in [2.45, 2.75) is 110 Å². The maximum absolute atomic E-state index is 11.4. The van der Waals surface area contributed by atoms with Gasteiger partial charge in [-0.25, -0.2) is 4.79 Å². The summed E-state index contributed by atoms with van der Waals surface area (Å²) < 4.78 is 5.39. The Morgan fingerprint density at radius 2 is 1.50 bits per heavy atom. The maximum atomic E-state index is 11.4. The van der Waals surface area contributed by atoms with Crippen molar-refractivity contribution in [3.63, 3.8) is 0 Å². The molecule has 0 fully saturated rings. The van der Waals surface area contributed by atoms with Gasteiger partial charge in [0.05, 0.1) is 0 Å². The smallest absolute Gasteiger partial charge is 0.330 e. The molecule has 0 rings (SSSR count). The first kappa shape index (κ1) is 23.2. The van der Waals surface area contributed by atoms with Crippen LogP contribution in [0.1, 0.15) is 98.3 Å². The Kier molecular flexibility index (Phi) is 13.0. The number of hydrogen-bond donors (Lipinski definition) is 1. The van der Waals surface area contributed by atoms with Crippen LogP contribution in [0.25, 0.3) is 0 Å². The molecule has 0 amide bonds. The van der Waals surface area contributed by atoms with E-state index in [4.69, 9.17) is 10.5 Å². The minimum atomic E-state index is -0.361. The third-order valence-electron chi connectivity index (χ3n) is 4.86. The summed E-state index contributed by atoms with van der Waals surface area (Å²) in [7, 11) is 0. The molecule has 0 heterocycles. The van der Waals surface area contributed by atoms with Crippen LogP contribution in [0.2, 0.25) is 0 Å². The predicted octanol–water partition coefficient (Wildman–Crippen LogP) is 5.77. The summed E-state index contributed by atoms with van der Waals surface area (Å²) in [5, 5.41) is 0. The summed E-state index contributed by atoms with van der Waals surface area (Å²) in [5.74, 6) is -0.185. The number of esters is 1. The quantitative estimate of drug-likeness (QED) is 0.234. The minimum absolute atomic E-state index is 0.172. The van der Waals surface area contributed by atoms with Crippen LogP contribution in [0.3, 0.4) is 0 Å². The largest absolute Gasteiger partial charge is 0.459 e. The van der Waals surface area contributed by atoms with Gasteiger partial charge in [0.1, 0.15) is 6.10 Å². The van der Waals surface area contributed by atoms with Gasteiger partial charge in [0.25, 0.3) is 0 Å². The Bertz CT molecular complexity index is 333. The molecule has 0 aromatic heterocycles. The van der Waals surface area contributed by atoms with E-state index in [1.54, 1.807) is 0 Å². The van der Waals surface area contributed by atoms with Crippen LogP contribution in [0.5, 0.6) is 0 Å². The molecule has 0 bridgehead atoms. The van der Waals surface area contributed by atoms with Crippen molar-refractivity contribution >= 4 is 5.97 Å². The van der Waals surface area contributed by atoms with Crippen molar-refractivity contribution in [3.8, 4) is 0 Å². The monoisotopic (exact) mass is 339 g/mol. The molecule has 2 N–H and O–H groups in total. The molecule has 2 unspecified atom stereocenters. The molecule has 0 saturated heterocycles. The van der Waals surface area contributed by atoms with Crippen molar-refractivity contribution in [3.05, 3.63) is 12.7 Å². The van der Waals surface area contributed by atoms with Crippen LogP contribution in [-0.2, 0) is 9.53 Å². The van der Waals surface area contributed by atoms with E-state index in [0.717, 1.165) is 12.8 Å². The number of carbonyl (C=O) groups is 1. The zero-order chi connectivity index (χ0) is 18.4. The predicted molar refractivity (Wildman–Crippen MR) is 104 cm³/mol. The van der Waals surface area contributed by atoms with Gasteiger partial charge in [-0.2, -0.15) is 0 Å². The van der Waals surface area contributed by atoms with Crippen molar-refractivity contribution in [2.24, 2.45) is 11.7 Å². The molecule has 0 aliphatic carbocycles. The third kappa shape index (κ3) is 11.7. The van der Waals surface area contributed by atoms with E-state index in [-0.39, 0.29) is 23.5 Å². The zero-order valence-corrected chi connectivity index (χ0v) is 16.6. The summed E-state index contributed by atoms with van der Waals surface area (Å²) >= 11 is 0. The number of rotatable bonds is 15. The Morgan fingerprint density at radius 1 is 1.04 bits per heavy atom. The van der Waals surface area contributed by atoms with Crippen molar-refractivity contribution in [1.82, 2.24) is 0 Å². The molecular formula is C21H41NO2. The van der Waals surface area contributed by atoms with Crippen molar-refractivity contribution in [1.29, 1.82) is 0 Å². The summed E-state index contributed by atoms with van der Waals surface area (Å²) in [5.41, 5.74) is 5.95. The van der Waals surface area contributed by atoms with Crippen LogP contribution in [0, 0.1) is 5.92 Å². The molecule has 0 spiro atoms. The lowest BCUT2D eigenvalue weighted by Gasteiger charge is -2.34. The second-order valence-corrected chi connectivity index (χ2v) is 7.74. The SMILES string of the molecule is C=CC(=O)OC(C)C(CCCCCCCCCCCC)C(C)(C)N. The molecule has 3 nitrogen and oxygen atoms in total. The molecule has 0 saturated carbocycles. The minimum Gasteiger partial charge on any atom is -0.459 e. The molecule has 24 heavy (non-hydrogen) atoms. The van der Waals surface area contributed by atoms with Crippen LogP contribution in [-0.4, -0.2) is 17.6 Å². The number of nitrogens with two attached hydrogens (primary N) is 1. The van der Waals surface area contributed by atoms with E-state index in [2.05, 4.69) is 13.5 Å². The fourth-order valence-electron chi connectivity index (χ4n) is 3.38. The van der Waals surface area contributed by atoms with Gasteiger partial charge in [0.2, 0.25) is 0 Å². The lowest BCUT2D eigenvalue weighted by atomic mass is 9.80. The van der Waals surface area contributed by atoms with Crippen LogP contribution in [0.4, 0.5) is 0 Å². The highest BCUT2D eigenvalue weighted by molar-refractivity contribution is 5.81. The van der Waals surface area contributed by atoms with E-state index in [1.165, 1.54) is 63.9 Å². The average Bonchev–Trinajstić information content (AvgIpc) is 2.51. The highest BCUT2D eigenvalue weighted by atomic mass is 16.5. The fraction of sp³-hybridized carbons (Fsp3) is 0.857. The molecule has 0 aromatic carbocycles. The highest BCUT2D eigenvalue weighted by Gasteiger charge is 2.31. The fourth-order valence-corrected chi connectivity index (χ4v) is 3.38. The van der Waals surface area contributed by atoms with E-state index >= 15 is 0 Å². The number of ether oxygens (including phenoxy) is 1. The van der Waals surface area contributed by atoms with E-state index in [1.807, 2.05) is 20.8 Å². The van der Waals surface area contributed by atoms with Gasteiger partial charge in [-0.05, 0) is 27.2 Å². The van der Waals surface area contributed by atoms with E-state index < -0.39 is 0 Å². The topological polar surface area (TPSA) is 52.3 Å². The maximum Gasteiger partial charge on any atom is 0.330 e. The lowest BCUT2D eigenvalue weighted by Crippen LogP contribution is -2.47. The molecule has 0 aliphatic rings. The molecular weight excluding hydrogens is 298 g/mol. The number of carbonyl (C=O) groups excluding carboxylic acids is 1. The van der Waals surface area contributed by atoms with Gasteiger partial charge in [-0.3, -0.25) is 0 Å². The van der Waals surface area contributed by atoms with Crippen LogP contribution < -0.4 is 5.73 Å². The second-order valence-electron chi connectivity index (χ2n) is 7.74. The Balaban J connectivity index is 3.92. The normalized spacial score (nSPS) is 14.2. The summed E-state index contributed by atoms with van der Waals surface area (Å²) in [6.45, 7) is 11.7. The van der Waals surface area contributed by atoms with E-state index in [9.17, 15) is 4.79 Å². The molecule has 3 heteroatoms. The molecule has 0 aliphatic heterocycles. The van der Waals surface area contributed by atoms with Crippen molar-refractivity contribution < 1.29 is 9.53 Å². The first-order valence-electron chi connectivity index (χ1n) is 9.94. The number of unbranched alkanes of at least 4 members (excludes halogenated alkanes) is 9. The Hall–Kier alpha value is -0.830. The molecule has 2 atom stereocenters. The van der Waals surface area contributed by atoms with Gasteiger partial charge in [-0.1, -0.05) is 77.7 Å². The zero-order valence-electron chi connectivity index (χ0n) is 16.6. The van der Waals surface area contributed by atoms with Gasteiger partial charge >= 0.3 is 5.97 Å². The Labute approximate surface area is 150 Å². The van der Waals surface area contributed by atoms with Crippen LogP contribution in [0.15, 0.2) is 12.7 Å². The number of hydrogen-bond acceptors (Lipinski definition) is 3. The van der Waals surface area contributed by atoms with Gasteiger partial charge in [0.15, 0.2) is 0 Å². The van der Waals surface area contributed by atoms with Crippen molar-refractivity contribution in [2.75, 3.05) is 0 Å². The first-order valence-corrected chi connectivity index (χ1v) is 9.94. The standard InChI is InChI=1S/C21H41NO2/c1-6-8-9-10-11-12-13-14-15-16-17-19(21(4,5)22)18(3)24-20(23)7-2/h7,18-19H,2,6,8-17,22H2,1,3-5H3. The summed E-state index contributed by atoms with van der Waals surface area (Å²) in [6.07, 6.45) is 15.3. The third-order valence-corrected chi connectivity index (χ3v) is 4.86. The van der Waals surface area contributed by atoms with Gasteiger partial charge < -0.3 is 10.5 Å². The highest BCUT2D eigenvalue weighted by Crippen LogP contribution is 2.26. The summed E-state index contributed by atoms with van der Waals surface area (Å²) in [6, 6.07) is 0. The van der Waals surface area contributed by atoms with Gasteiger partial charge in [-0.15, -0.1) is 0 Å². The molecule has 0 radical (unpaired) electrons. The second kappa shape index (κ2) is 13.5. The average molecular weight is 340 g/mol. The first-order chi connectivity index (χ1) is 11.3.